The Bertz CT molecular complexity index is 691. The maximum atomic E-state index is 11.5. The van der Waals surface area contributed by atoms with Crippen LogP contribution in [0, 0.1) is 34.5 Å². The second kappa shape index (κ2) is 7.52. The number of fused-ring (bicyclic) bond motifs is 4. The molecule has 0 spiro atoms. The predicted octanol–water partition coefficient (Wildman–Crippen LogP) is 6.42. The van der Waals surface area contributed by atoms with E-state index in [-0.39, 0.29) is 11.5 Å². The lowest BCUT2D eigenvalue weighted by Gasteiger charge is -2.58. The monoisotopic (exact) mass is 400 g/mol. The highest BCUT2D eigenvalue weighted by molar-refractivity contribution is 5.44. The minimum atomic E-state index is -0.838. The minimum absolute atomic E-state index is 0.119. The van der Waals surface area contributed by atoms with Crippen LogP contribution in [0.2, 0.25) is 0 Å². The number of allylic oxidation sites excluding steroid dienone is 3. The molecular formula is C27H44O2. The van der Waals surface area contributed by atoms with Crippen LogP contribution in [0.4, 0.5) is 0 Å². The summed E-state index contributed by atoms with van der Waals surface area (Å²) >= 11 is 0. The van der Waals surface area contributed by atoms with Crippen molar-refractivity contribution >= 4 is 0 Å². The molecule has 0 radical (unpaired) electrons. The van der Waals surface area contributed by atoms with Crippen molar-refractivity contribution in [1.29, 1.82) is 0 Å². The molecule has 1 unspecified atom stereocenters. The summed E-state index contributed by atoms with van der Waals surface area (Å²) in [5.74, 6) is 2.89. The van der Waals surface area contributed by atoms with Crippen molar-refractivity contribution in [3.8, 4) is 0 Å². The van der Waals surface area contributed by atoms with Crippen LogP contribution in [-0.2, 0) is 0 Å². The zero-order valence-electron chi connectivity index (χ0n) is 19.5. The van der Waals surface area contributed by atoms with E-state index in [0.29, 0.717) is 17.8 Å². The van der Waals surface area contributed by atoms with E-state index in [0.717, 1.165) is 30.6 Å². The average Bonchev–Trinajstić information content (AvgIpc) is 2.99. The second-order valence-corrected chi connectivity index (χ2v) is 12.0. The largest absolute Gasteiger partial charge is 0.393 e. The first kappa shape index (κ1) is 21.6. The molecule has 4 rings (SSSR count). The summed E-state index contributed by atoms with van der Waals surface area (Å²) in [6.45, 7) is 12.1. The molecular weight excluding hydrogens is 356 g/mol. The smallest absolute Gasteiger partial charge is 0.0914 e. The lowest BCUT2D eigenvalue weighted by Crippen LogP contribution is -2.57. The topological polar surface area (TPSA) is 40.5 Å². The van der Waals surface area contributed by atoms with E-state index in [1.165, 1.54) is 44.9 Å². The first-order valence-electron chi connectivity index (χ1n) is 12.4. The molecule has 2 fully saturated rings. The van der Waals surface area contributed by atoms with E-state index in [1.54, 1.807) is 11.1 Å². The van der Waals surface area contributed by atoms with Gasteiger partial charge in [0.2, 0.25) is 0 Å². The molecule has 164 valence electrons. The summed E-state index contributed by atoms with van der Waals surface area (Å²) in [4.78, 5) is 0. The normalized spacial score (nSPS) is 45.2. The van der Waals surface area contributed by atoms with E-state index in [9.17, 15) is 10.2 Å². The van der Waals surface area contributed by atoms with E-state index < -0.39 is 5.60 Å². The highest BCUT2D eigenvalue weighted by Gasteiger charge is 2.59. The average molecular weight is 401 g/mol. The molecule has 0 bridgehead atoms. The van der Waals surface area contributed by atoms with Gasteiger partial charge in [0.05, 0.1) is 11.7 Å². The van der Waals surface area contributed by atoms with E-state index in [4.69, 9.17) is 0 Å². The zero-order chi connectivity index (χ0) is 21.0. The Morgan fingerprint density at radius 3 is 2.55 bits per heavy atom. The molecule has 2 heteroatoms. The van der Waals surface area contributed by atoms with Crippen molar-refractivity contribution in [2.75, 3.05) is 0 Å². The van der Waals surface area contributed by atoms with Crippen LogP contribution in [0.1, 0.15) is 98.8 Å². The number of hydrogen-bond acceptors (Lipinski definition) is 2. The first-order chi connectivity index (χ1) is 13.6. The van der Waals surface area contributed by atoms with Crippen LogP contribution in [0.15, 0.2) is 23.3 Å². The molecule has 0 aliphatic heterocycles. The van der Waals surface area contributed by atoms with Crippen LogP contribution in [-0.4, -0.2) is 21.9 Å². The van der Waals surface area contributed by atoms with Crippen molar-refractivity contribution in [2.24, 2.45) is 34.5 Å². The van der Waals surface area contributed by atoms with Gasteiger partial charge in [-0.05, 0) is 73.2 Å². The molecule has 4 aliphatic carbocycles. The molecule has 0 heterocycles. The molecule has 0 aromatic carbocycles. The summed E-state index contributed by atoms with van der Waals surface area (Å²) < 4.78 is 0. The predicted molar refractivity (Wildman–Crippen MR) is 120 cm³/mol. The fourth-order valence-corrected chi connectivity index (χ4v) is 7.93. The maximum absolute atomic E-state index is 11.5. The zero-order valence-corrected chi connectivity index (χ0v) is 19.5. The Labute approximate surface area is 178 Å². The fourth-order valence-electron chi connectivity index (χ4n) is 7.93. The Kier molecular flexibility index (Phi) is 5.61. The first-order valence-corrected chi connectivity index (χ1v) is 12.4. The van der Waals surface area contributed by atoms with Gasteiger partial charge in [-0.25, -0.2) is 0 Å². The van der Waals surface area contributed by atoms with Gasteiger partial charge in [0.25, 0.3) is 0 Å². The summed E-state index contributed by atoms with van der Waals surface area (Å²) in [5, 5.41) is 21.7. The third kappa shape index (κ3) is 3.37. The van der Waals surface area contributed by atoms with Crippen LogP contribution in [0.3, 0.4) is 0 Å². The van der Waals surface area contributed by atoms with Gasteiger partial charge in [-0.3, -0.25) is 0 Å². The lowest BCUT2D eigenvalue weighted by molar-refractivity contribution is -0.132. The Balaban J connectivity index is 1.61. The van der Waals surface area contributed by atoms with E-state index in [1.807, 2.05) is 0 Å². The molecule has 2 N–H and O–H groups in total. The molecule has 4 aliphatic rings. The van der Waals surface area contributed by atoms with Gasteiger partial charge in [0.15, 0.2) is 0 Å². The third-order valence-electron chi connectivity index (χ3n) is 9.86. The lowest BCUT2D eigenvalue weighted by atomic mass is 9.49. The molecule has 2 nitrogen and oxygen atoms in total. The van der Waals surface area contributed by atoms with Crippen LogP contribution >= 0.6 is 0 Å². The van der Waals surface area contributed by atoms with Crippen molar-refractivity contribution in [2.45, 2.75) is 111 Å². The summed E-state index contributed by atoms with van der Waals surface area (Å²) in [5.41, 5.74) is 2.69. The highest BCUT2D eigenvalue weighted by atomic mass is 16.3. The molecule has 0 aromatic heterocycles. The summed E-state index contributed by atoms with van der Waals surface area (Å²) in [6, 6.07) is 0. The Morgan fingerprint density at radius 1 is 1.07 bits per heavy atom. The van der Waals surface area contributed by atoms with Gasteiger partial charge >= 0.3 is 0 Å². The van der Waals surface area contributed by atoms with Gasteiger partial charge in [-0.15, -0.1) is 0 Å². The molecule has 0 saturated heterocycles. The minimum Gasteiger partial charge on any atom is -0.393 e. The molecule has 7 atom stereocenters. The highest BCUT2D eigenvalue weighted by Crippen LogP contribution is 2.65. The molecule has 0 amide bonds. The van der Waals surface area contributed by atoms with Crippen LogP contribution in [0.5, 0.6) is 0 Å². The molecule has 0 aromatic rings. The van der Waals surface area contributed by atoms with Crippen molar-refractivity contribution in [3.05, 3.63) is 23.3 Å². The van der Waals surface area contributed by atoms with Crippen molar-refractivity contribution < 1.29 is 10.2 Å². The van der Waals surface area contributed by atoms with Crippen LogP contribution in [0.25, 0.3) is 0 Å². The van der Waals surface area contributed by atoms with Gasteiger partial charge in [-0.1, -0.05) is 71.6 Å². The van der Waals surface area contributed by atoms with Gasteiger partial charge in [-0.2, -0.15) is 0 Å². The van der Waals surface area contributed by atoms with Gasteiger partial charge < -0.3 is 10.2 Å². The molecule has 29 heavy (non-hydrogen) atoms. The van der Waals surface area contributed by atoms with Crippen molar-refractivity contribution in [1.82, 2.24) is 0 Å². The summed E-state index contributed by atoms with van der Waals surface area (Å²) in [7, 11) is 0. The quantitative estimate of drug-likeness (QED) is 0.559. The van der Waals surface area contributed by atoms with E-state index in [2.05, 4.69) is 46.8 Å². The van der Waals surface area contributed by atoms with Gasteiger partial charge in [0.1, 0.15) is 0 Å². The number of hydrogen-bond donors (Lipinski definition) is 2. The second-order valence-electron chi connectivity index (χ2n) is 12.0. The third-order valence-corrected chi connectivity index (χ3v) is 9.86. The summed E-state index contributed by atoms with van der Waals surface area (Å²) in [6.07, 6.45) is 15.4. The standard InChI is InChI=1S/C27H44O2/c1-18(2)7-6-8-19(3)22-9-10-23-21-12-16-27(29)17-20(28)11-15-26(27,5)24(21)13-14-25(22,23)4/h12,16,18-20,22,24,28-29H,6-11,13-15,17H2,1-5H3/t19-,20+,22-,24?,25-,26-,27-/m1/s1. The van der Waals surface area contributed by atoms with E-state index >= 15 is 0 Å². The van der Waals surface area contributed by atoms with Gasteiger partial charge in [0, 0.05) is 11.8 Å². The maximum Gasteiger partial charge on any atom is 0.0914 e. The Morgan fingerprint density at radius 2 is 1.83 bits per heavy atom. The number of rotatable bonds is 5. The Hall–Kier alpha value is -0.600. The van der Waals surface area contributed by atoms with Crippen molar-refractivity contribution in [3.63, 3.8) is 0 Å². The SMILES string of the molecule is CC(C)CCC[C@@H](C)[C@H]1CCC2=C3C=C[C@@]4(O)C[C@@H](O)CC[C@]4(C)C3CC[C@@]21C. The number of aliphatic hydroxyl groups is 2. The molecule has 2 saturated carbocycles. The fraction of sp³-hybridized carbons (Fsp3) is 0.852. The van der Waals surface area contributed by atoms with Crippen LogP contribution < -0.4 is 0 Å². The number of aliphatic hydroxyl groups excluding tert-OH is 1.